The smallest absolute Gasteiger partial charge is 0.744 e. The van der Waals surface area contributed by atoms with Crippen molar-refractivity contribution in [3.05, 3.63) is 41.0 Å². The summed E-state index contributed by atoms with van der Waals surface area (Å²) >= 11 is 0. The first-order valence-electron chi connectivity index (χ1n) is 8.10. The molecule has 0 radical (unpaired) electrons. The van der Waals surface area contributed by atoms with Gasteiger partial charge in [-0.1, -0.05) is 53.7 Å². The van der Waals surface area contributed by atoms with Gasteiger partial charge in [-0.3, -0.25) is 0 Å². The molecule has 3 nitrogen and oxygen atoms in total. The molecule has 0 bridgehead atoms. The molecular weight excluding hydrogens is 331 g/mol. The molecule has 0 heterocycles. The van der Waals surface area contributed by atoms with Crippen molar-refractivity contribution in [2.45, 2.75) is 64.2 Å². The van der Waals surface area contributed by atoms with Gasteiger partial charge < -0.3 is 4.55 Å². The second-order valence-corrected chi connectivity index (χ2v) is 8.45. The van der Waals surface area contributed by atoms with Gasteiger partial charge in [0.25, 0.3) is 0 Å². The zero-order valence-corrected chi connectivity index (χ0v) is 18.5. The first-order chi connectivity index (χ1) is 10.5. The van der Waals surface area contributed by atoms with Crippen LogP contribution in [0.5, 0.6) is 0 Å². The Bertz CT molecular complexity index is 837. The SMILES string of the molecule is CC(C)c1cc2ccc(C(C)C)c(C(C)C)c2cc1S(=O)(=O)[O-].[Na+]. The van der Waals surface area contributed by atoms with Crippen molar-refractivity contribution in [1.29, 1.82) is 0 Å². The summed E-state index contributed by atoms with van der Waals surface area (Å²) in [5.74, 6) is 0.572. The Morgan fingerprint density at radius 3 is 1.79 bits per heavy atom. The summed E-state index contributed by atoms with van der Waals surface area (Å²) in [6, 6.07) is 7.61. The molecule has 0 aliphatic rings. The zero-order valence-electron chi connectivity index (χ0n) is 15.7. The maximum Gasteiger partial charge on any atom is 1.00 e. The van der Waals surface area contributed by atoms with Gasteiger partial charge >= 0.3 is 29.6 Å². The van der Waals surface area contributed by atoms with Crippen LogP contribution in [0.1, 0.15) is 76.0 Å². The minimum Gasteiger partial charge on any atom is -0.744 e. The predicted octanol–water partition coefficient (Wildman–Crippen LogP) is 2.12. The Labute approximate surface area is 167 Å². The summed E-state index contributed by atoms with van der Waals surface area (Å²) in [5.41, 5.74) is 2.94. The van der Waals surface area contributed by atoms with Crippen molar-refractivity contribution in [3.63, 3.8) is 0 Å². The van der Waals surface area contributed by atoms with Crippen LogP contribution in [0, 0.1) is 0 Å². The number of hydrogen-bond donors (Lipinski definition) is 0. The van der Waals surface area contributed by atoms with Crippen LogP contribution in [0.3, 0.4) is 0 Å². The zero-order chi connectivity index (χ0) is 17.5. The van der Waals surface area contributed by atoms with E-state index in [0.717, 1.165) is 16.3 Å². The van der Waals surface area contributed by atoms with Gasteiger partial charge in [0.1, 0.15) is 10.1 Å². The molecule has 0 unspecified atom stereocenters. The summed E-state index contributed by atoms with van der Waals surface area (Å²) < 4.78 is 35.2. The van der Waals surface area contributed by atoms with E-state index in [1.807, 2.05) is 26.0 Å². The van der Waals surface area contributed by atoms with Gasteiger partial charge in [0.2, 0.25) is 0 Å². The van der Waals surface area contributed by atoms with Crippen molar-refractivity contribution in [1.82, 2.24) is 0 Å². The first kappa shape index (κ1) is 21.7. The summed E-state index contributed by atoms with van der Waals surface area (Å²) in [5, 5.41) is 1.87. The normalized spacial score (nSPS) is 12.2. The van der Waals surface area contributed by atoms with Crippen LogP contribution in [0.25, 0.3) is 10.8 Å². The topological polar surface area (TPSA) is 57.2 Å². The average Bonchev–Trinajstić information content (AvgIpc) is 2.42. The summed E-state index contributed by atoms with van der Waals surface area (Å²) in [6.45, 7) is 12.3. The van der Waals surface area contributed by atoms with Gasteiger partial charge in [-0.25, -0.2) is 8.42 Å². The van der Waals surface area contributed by atoms with Gasteiger partial charge in [-0.2, -0.15) is 0 Å². The van der Waals surface area contributed by atoms with Gasteiger partial charge in [0, 0.05) is 0 Å². The minimum atomic E-state index is -4.50. The Kier molecular flexibility index (Phi) is 7.11. The predicted molar refractivity (Wildman–Crippen MR) is 94.2 cm³/mol. The molecule has 0 amide bonds. The third kappa shape index (κ3) is 4.23. The van der Waals surface area contributed by atoms with E-state index in [-0.39, 0.29) is 46.3 Å². The summed E-state index contributed by atoms with van der Waals surface area (Å²) in [4.78, 5) is -0.0807. The van der Waals surface area contributed by atoms with Crippen LogP contribution in [0.2, 0.25) is 0 Å². The molecule has 0 saturated heterocycles. The average molecular weight is 356 g/mol. The fourth-order valence-electron chi connectivity index (χ4n) is 3.23. The molecule has 126 valence electrons. The molecule has 0 spiro atoms. The molecule has 2 aromatic carbocycles. The Balaban J connectivity index is 0.00000288. The quantitative estimate of drug-likeness (QED) is 0.623. The molecule has 0 fully saturated rings. The number of rotatable bonds is 4. The van der Waals surface area contributed by atoms with E-state index in [1.54, 1.807) is 6.07 Å². The summed E-state index contributed by atoms with van der Waals surface area (Å²) in [7, 11) is -4.50. The minimum absolute atomic E-state index is 0. The van der Waals surface area contributed by atoms with Crippen molar-refractivity contribution in [3.8, 4) is 0 Å². The second kappa shape index (κ2) is 7.88. The van der Waals surface area contributed by atoms with Crippen LogP contribution in [-0.2, 0) is 10.1 Å². The van der Waals surface area contributed by atoms with Crippen LogP contribution in [0.4, 0.5) is 0 Å². The fraction of sp³-hybridized carbons (Fsp3) is 0.474. The molecule has 0 atom stereocenters. The molecule has 0 aromatic heterocycles. The number of hydrogen-bond acceptors (Lipinski definition) is 3. The van der Waals surface area contributed by atoms with E-state index in [9.17, 15) is 13.0 Å². The van der Waals surface area contributed by atoms with E-state index in [4.69, 9.17) is 0 Å². The van der Waals surface area contributed by atoms with E-state index < -0.39 is 10.1 Å². The van der Waals surface area contributed by atoms with Crippen LogP contribution in [0.15, 0.2) is 29.2 Å². The number of fused-ring (bicyclic) bond motifs is 1. The Hall–Kier alpha value is -0.390. The van der Waals surface area contributed by atoms with Crippen LogP contribution in [-0.4, -0.2) is 13.0 Å². The molecule has 2 rings (SSSR count). The molecule has 24 heavy (non-hydrogen) atoms. The largest absolute Gasteiger partial charge is 1.00 e. The Morgan fingerprint density at radius 2 is 1.38 bits per heavy atom. The maximum atomic E-state index is 11.7. The van der Waals surface area contributed by atoms with Crippen molar-refractivity contribution in [2.75, 3.05) is 0 Å². The van der Waals surface area contributed by atoms with E-state index in [1.165, 1.54) is 5.56 Å². The van der Waals surface area contributed by atoms with Crippen LogP contribution < -0.4 is 29.6 Å². The molecule has 5 heteroatoms. The third-order valence-electron chi connectivity index (χ3n) is 4.32. The van der Waals surface area contributed by atoms with Gasteiger partial charge in [-0.15, -0.1) is 0 Å². The first-order valence-corrected chi connectivity index (χ1v) is 9.51. The summed E-state index contributed by atoms with van der Waals surface area (Å²) in [6.07, 6.45) is 0. The molecular formula is C19H25NaO3S. The molecule has 0 saturated carbocycles. The van der Waals surface area contributed by atoms with Crippen LogP contribution >= 0.6 is 0 Å². The monoisotopic (exact) mass is 356 g/mol. The molecule has 0 aliphatic heterocycles. The second-order valence-electron chi connectivity index (χ2n) is 7.10. The third-order valence-corrected chi connectivity index (χ3v) is 5.21. The van der Waals surface area contributed by atoms with Gasteiger partial charge in [-0.05, 0) is 57.3 Å². The van der Waals surface area contributed by atoms with E-state index in [2.05, 4.69) is 33.8 Å². The van der Waals surface area contributed by atoms with Gasteiger partial charge in [0.05, 0.1) is 4.90 Å². The van der Waals surface area contributed by atoms with Crippen molar-refractivity contribution >= 4 is 20.9 Å². The molecule has 2 aromatic rings. The fourth-order valence-corrected chi connectivity index (χ4v) is 4.07. The van der Waals surface area contributed by atoms with Crippen molar-refractivity contribution < 1.29 is 42.5 Å². The van der Waals surface area contributed by atoms with Crippen molar-refractivity contribution in [2.24, 2.45) is 0 Å². The van der Waals surface area contributed by atoms with Gasteiger partial charge in [0.15, 0.2) is 0 Å². The maximum absolute atomic E-state index is 11.7. The molecule has 0 aliphatic carbocycles. The molecule has 0 N–H and O–H groups in total. The standard InChI is InChI=1S/C19H26O3S.Na/c1-11(2)15-8-7-14-9-16(12(3)4)18(23(20,21)22)10-17(14)19(15)13(5)6;/h7-13H,1-6H3,(H,20,21,22);/q;+1/p-1. The van der Waals surface area contributed by atoms with E-state index >= 15 is 0 Å². The Morgan fingerprint density at radius 1 is 0.833 bits per heavy atom. The van der Waals surface area contributed by atoms with E-state index in [0.29, 0.717) is 11.5 Å². The number of benzene rings is 2.